The molecular formula is C18H28N2O4S. The average Bonchev–Trinajstić information content (AvgIpc) is 2.60. The molecule has 7 heteroatoms. The van der Waals surface area contributed by atoms with Gasteiger partial charge in [-0.1, -0.05) is 18.2 Å². The topological polar surface area (TPSA) is 77.9 Å². The fourth-order valence-corrected chi connectivity index (χ4v) is 4.78. The van der Waals surface area contributed by atoms with Gasteiger partial charge in [-0.3, -0.25) is 4.79 Å². The maximum absolute atomic E-state index is 12.5. The smallest absolute Gasteiger partial charge is 0.223 e. The molecule has 2 rings (SSSR count). The summed E-state index contributed by atoms with van der Waals surface area (Å²) in [6, 6.07) is 8.21. The van der Waals surface area contributed by atoms with Crippen LogP contribution >= 0.6 is 0 Å². The van der Waals surface area contributed by atoms with Crippen LogP contribution in [0.3, 0.4) is 0 Å². The number of aliphatic hydroxyl groups is 1. The Kier molecular flexibility index (Phi) is 6.59. The zero-order valence-electron chi connectivity index (χ0n) is 15.0. The van der Waals surface area contributed by atoms with Crippen molar-refractivity contribution >= 4 is 15.7 Å². The summed E-state index contributed by atoms with van der Waals surface area (Å²) in [5.74, 6) is -0.345. The van der Waals surface area contributed by atoms with Crippen molar-refractivity contribution < 1.29 is 18.3 Å². The number of carbonyl (C=O) groups is 1. The van der Waals surface area contributed by atoms with E-state index in [0.717, 1.165) is 12.8 Å². The molecule has 25 heavy (non-hydrogen) atoms. The normalized spacial score (nSPS) is 21.5. The van der Waals surface area contributed by atoms with Crippen molar-refractivity contribution in [3.8, 4) is 0 Å². The zero-order valence-corrected chi connectivity index (χ0v) is 15.8. The summed E-state index contributed by atoms with van der Waals surface area (Å²) < 4.78 is 24.7. The van der Waals surface area contributed by atoms with E-state index < -0.39 is 9.84 Å². The highest BCUT2D eigenvalue weighted by Gasteiger charge is 2.37. The molecule has 0 aliphatic carbocycles. The van der Waals surface area contributed by atoms with Crippen LogP contribution in [0.1, 0.15) is 19.3 Å². The van der Waals surface area contributed by atoms with Crippen LogP contribution in [-0.4, -0.2) is 75.3 Å². The number of rotatable bonds is 7. The van der Waals surface area contributed by atoms with Gasteiger partial charge in [-0.2, -0.15) is 0 Å². The van der Waals surface area contributed by atoms with Crippen LogP contribution in [0.2, 0.25) is 0 Å². The molecule has 1 atom stereocenters. The third-order valence-electron chi connectivity index (χ3n) is 4.69. The highest BCUT2D eigenvalue weighted by atomic mass is 32.2. The van der Waals surface area contributed by atoms with E-state index in [-0.39, 0.29) is 35.0 Å². The zero-order chi connectivity index (χ0) is 18.5. The van der Waals surface area contributed by atoms with Crippen molar-refractivity contribution in [2.45, 2.75) is 24.2 Å². The van der Waals surface area contributed by atoms with Crippen molar-refractivity contribution in [1.29, 1.82) is 0 Å². The first kappa shape index (κ1) is 19.9. The number of carbonyl (C=O) groups excluding carboxylic acids is 1. The summed E-state index contributed by atoms with van der Waals surface area (Å²) >= 11 is 0. The number of hydrogen-bond donors (Lipinski definition) is 1. The Bertz CT molecular complexity index is 676. The van der Waals surface area contributed by atoms with E-state index in [4.69, 9.17) is 0 Å². The van der Waals surface area contributed by atoms with E-state index >= 15 is 0 Å². The predicted octanol–water partition coefficient (Wildman–Crippen LogP) is 1.01. The Balaban J connectivity index is 1.98. The first-order valence-electron chi connectivity index (χ1n) is 8.59. The lowest BCUT2D eigenvalue weighted by Gasteiger charge is -2.43. The van der Waals surface area contributed by atoms with Gasteiger partial charge in [0.15, 0.2) is 9.84 Å². The molecule has 1 N–H and O–H groups in total. The summed E-state index contributed by atoms with van der Waals surface area (Å²) in [5, 5.41) is 9.84. The molecule has 1 amide bonds. The minimum Gasteiger partial charge on any atom is -0.396 e. The number of hydrogen-bond acceptors (Lipinski definition) is 5. The molecule has 140 valence electrons. The summed E-state index contributed by atoms with van der Waals surface area (Å²) in [5.41, 5.74) is -0.324. The van der Waals surface area contributed by atoms with Gasteiger partial charge in [0.05, 0.1) is 17.3 Å². The molecule has 1 aliphatic rings. The van der Waals surface area contributed by atoms with Crippen LogP contribution in [0.4, 0.5) is 0 Å². The van der Waals surface area contributed by atoms with Crippen LogP contribution in [0.15, 0.2) is 35.2 Å². The van der Waals surface area contributed by atoms with E-state index in [2.05, 4.69) is 0 Å². The number of piperidine rings is 1. The molecule has 1 fully saturated rings. The van der Waals surface area contributed by atoms with Gasteiger partial charge < -0.3 is 14.9 Å². The molecule has 0 aromatic heterocycles. The lowest BCUT2D eigenvalue weighted by Crippen LogP contribution is -2.52. The standard InChI is InChI=1S/C18H28N2O4S/c1-19(2)13-18(15-21)10-6-11-20(14-18)17(22)9-12-25(23,24)16-7-4-3-5-8-16/h3-5,7-8,21H,6,9-15H2,1-2H3. The molecule has 0 spiro atoms. The van der Waals surface area contributed by atoms with E-state index in [1.165, 1.54) is 0 Å². The summed E-state index contributed by atoms with van der Waals surface area (Å²) in [6.07, 6.45) is 1.67. The van der Waals surface area contributed by atoms with Gasteiger partial charge in [0.25, 0.3) is 0 Å². The molecule has 1 unspecified atom stereocenters. The second-order valence-corrected chi connectivity index (χ2v) is 9.31. The van der Waals surface area contributed by atoms with Crippen LogP contribution in [0, 0.1) is 5.41 Å². The second-order valence-electron chi connectivity index (χ2n) is 7.20. The second kappa shape index (κ2) is 8.29. The molecule has 1 saturated heterocycles. The lowest BCUT2D eigenvalue weighted by molar-refractivity contribution is -0.135. The van der Waals surface area contributed by atoms with E-state index in [9.17, 15) is 18.3 Å². The van der Waals surface area contributed by atoms with Gasteiger partial charge in [0, 0.05) is 31.5 Å². The first-order chi connectivity index (χ1) is 11.8. The minimum absolute atomic E-state index is 0.0251. The minimum atomic E-state index is -3.45. The highest BCUT2D eigenvalue weighted by Crippen LogP contribution is 2.30. The van der Waals surface area contributed by atoms with E-state index in [1.54, 1.807) is 35.2 Å². The van der Waals surface area contributed by atoms with Crippen molar-refractivity contribution in [3.05, 3.63) is 30.3 Å². The Hall–Kier alpha value is -1.44. The highest BCUT2D eigenvalue weighted by molar-refractivity contribution is 7.91. The van der Waals surface area contributed by atoms with Crippen molar-refractivity contribution in [1.82, 2.24) is 9.80 Å². The molecule has 1 aromatic carbocycles. The fraction of sp³-hybridized carbons (Fsp3) is 0.611. The third-order valence-corrected chi connectivity index (χ3v) is 6.42. The first-order valence-corrected chi connectivity index (χ1v) is 10.2. The Morgan fingerprint density at radius 1 is 1.28 bits per heavy atom. The third kappa shape index (κ3) is 5.26. The fourth-order valence-electron chi connectivity index (χ4n) is 3.53. The molecule has 1 aliphatic heterocycles. The van der Waals surface area contributed by atoms with Gasteiger partial charge in [-0.25, -0.2) is 8.42 Å². The van der Waals surface area contributed by atoms with Crippen molar-refractivity contribution in [2.75, 3.05) is 46.1 Å². The molecule has 6 nitrogen and oxygen atoms in total. The largest absolute Gasteiger partial charge is 0.396 e. The average molecular weight is 368 g/mol. The molecule has 0 radical (unpaired) electrons. The molecule has 0 bridgehead atoms. The van der Waals surface area contributed by atoms with Crippen molar-refractivity contribution in [2.24, 2.45) is 5.41 Å². The van der Waals surface area contributed by atoms with Crippen molar-refractivity contribution in [3.63, 3.8) is 0 Å². The molecule has 0 saturated carbocycles. The Morgan fingerprint density at radius 2 is 1.96 bits per heavy atom. The molecule has 1 aromatic rings. The number of aliphatic hydroxyl groups excluding tert-OH is 1. The molecule has 1 heterocycles. The lowest BCUT2D eigenvalue weighted by atomic mass is 9.80. The quantitative estimate of drug-likeness (QED) is 0.777. The number of amides is 1. The van der Waals surface area contributed by atoms with Crippen LogP contribution in [-0.2, 0) is 14.6 Å². The SMILES string of the molecule is CN(C)CC1(CO)CCCN(C(=O)CCS(=O)(=O)c2ccccc2)C1. The Labute approximate surface area is 150 Å². The monoisotopic (exact) mass is 368 g/mol. The van der Waals surface area contributed by atoms with Gasteiger partial charge in [-0.15, -0.1) is 0 Å². The number of likely N-dealkylation sites (tertiary alicyclic amines) is 1. The summed E-state index contributed by atoms with van der Waals surface area (Å²) in [4.78, 5) is 16.5. The van der Waals surface area contributed by atoms with Gasteiger partial charge in [0.1, 0.15) is 0 Å². The van der Waals surface area contributed by atoms with Crippen LogP contribution < -0.4 is 0 Å². The number of benzene rings is 1. The maximum atomic E-state index is 12.5. The molecular weight excluding hydrogens is 340 g/mol. The Morgan fingerprint density at radius 3 is 2.56 bits per heavy atom. The summed E-state index contributed by atoms with van der Waals surface area (Å²) in [6.45, 7) is 1.83. The number of sulfone groups is 1. The van der Waals surface area contributed by atoms with Gasteiger partial charge in [0.2, 0.25) is 5.91 Å². The van der Waals surface area contributed by atoms with E-state index in [0.29, 0.717) is 19.6 Å². The summed E-state index contributed by atoms with van der Waals surface area (Å²) in [7, 11) is 0.446. The predicted molar refractivity (Wildman–Crippen MR) is 97.0 cm³/mol. The van der Waals surface area contributed by atoms with Gasteiger partial charge >= 0.3 is 0 Å². The maximum Gasteiger partial charge on any atom is 0.223 e. The van der Waals surface area contributed by atoms with Gasteiger partial charge in [-0.05, 0) is 39.1 Å². The van der Waals surface area contributed by atoms with Crippen LogP contribution in [0.25, 0.3) is 0 Å². The number of nitrogens with zero attached hydrogens (tertiary/aromatic N) is 2. The van der Waals surface area contributed by atoms with Crippen LogP contribution in [0.5, 0.6) is 0 Å². The van der Waals surface area contributed by atoms with E-state index in [1.807, 2.05) is 19.0 Å².